The Hall–Kier alpha value is -7.18. The van der Waals surface area contributed by atoms with Gasteiger partial charge in [-0.15, -0.1) is 0 Å². The number of rotatable bonds is 4. The number of nitrogens with zero attached hydrogens (tertiary/aromatic N) is 4. The zero-order chi connectivity index (χ0) is 38.0. The van der Waals surface area contributed by atoms with Gasteiger partial charge in [0.25, 0.3) is 0 Å². The third kappa shape index (κ3) is 4.43. The summed E-state index contributed by atoms with van der Waals surface area (Å²) in [5, 5.41) is 8.23. The molecule has 0 N–H and O–H groups in total. The number of fused-ring (bicyclic) bond motifs is 12. The quantitative estimate of drug-likeness (QED) is 0.180. The molecule has 6 nitrogen and oxygen atoms in total. The van der Waals surface area contributed by atoms with Gasteiger partial charge in [0.15, 0.2) is 5.58 Å². The Morgan fingerprint density at radius 3 is 1.71 bits per heavy atom. The van der Waals surface area contributed by atoms with Gasteiger partial charge in [-0.05, 0) is 115 Å². The van der Waals surface area contributed by atoms with Crippen LogP contribution in [0.4, 0.5) is 0 Å². The molecule has 1 aliphatic carbocycles. The summed E-state index contributed by atoms with van der Waals surface area (Å²) in [6.45, 7) is 0. The fourth-order valence-electron chi connectivity index (χ4n) is 10.5. The van der Waals surface area contributed by atoms with E-state index in [-0.39, 0.29) is 5.41 Å². The van der Waals surface area contributed by atoms with E-state index in [0.717, 1.165) is 68.2 Å². The van der Waals surface area contributed by atoms with Crippen LogP contribution in [0.1, 0.15) is 43.2 Å². The summed E-state index contributed by atoms with van der Waals surface area (Å²) in [6.07, 6.45) is 11.5. The molecule has 6 aromatic carbocycles. The molecule has 6 heteroatoms. The van der Waals surface area contributed by atoms with Crippen LogP contribution >= 0.6 is 0 Å². The van der Waals surface area contributed by atoms with Crippen LogP contribution in [0.3, 0.4) is 0 Å². The highest BCUT2D eigenvalue weighted by Gasteiger charge is 2.37. The van der Waals surface area contributed by atoms with Crippen LogP contribution < -0.4 is 0 Å². The highest BCUT2D eigenvalue weighted by Crippen LogP contribution is 2.48. The smallest absolute Gasteiger partial charge is 0.153 e. The molecule has 0 aliphatic heterocycles. The lowest BCUT2D eigenvalue weighted by Crippen LogP contribution is -2.30. The Morgan fingerprint density at radius 2 is 1.02 bits per heavy atom. The lowest BCUT2D eigenvalue weighted by atomic mass is 9.65. The van der Waals surface area contributed by atoms with Gasteiger partial charge in [0, 0.05) is 73.1 Å². The van der Waals surface area contributed by atoms with Gasteiger partial charge >= 0.3 is 0 Å². The monoisotopic (exact) mass is 748 g/mol. The van der Waals surface area contributed by atoms with Crippen molar-refractivity contribution in [2.24, 2.45) is 0 Å². The Labute approximate surface area is 332 Å². The first-order valence-electron chi connectivity index (χ1n) is 20.3. The first kappa shape index (κ1) is 32.0. The summed E-state index contributed by atoms with van der Waals surface area (Å²) in [5.74, 6) is 0. The Balaban J connectivity index is 0.992. The number of benzene rings is 6. The maximum Gasteiger partial charge on any atom is 0.153 e. The first-order chi connectivity index (χ1) is 28.7. The van der Waals surface area contributed by atoms with Crippen molar-refractivity contribution in [2.75, 3.05) is 0 Å². The molecular weight excluding hydrogens is 713 g/mol. The third-order valence-electron chi connectivity index (χ3n) is 13.1. The fourth-order valence-corrected chi connectivity index (χ4v) is 10.5. The van der Waals surface area contributed by atoms with Gasteiger partial charge < -0.3 is 18.0 Å². The normalized spacial score (nSPS) is 14.7. The number of aromatic nitrogens is 4. The molecule has 0 saturated heterocycles. The zero-order valence-corrected chi connectivity index (χ0v) is 31.7. The van der Waals surface area contributed by atoms with Crippen molar-refractivity contribution in [3.8, 4) is 11.4 Å². The van der Waals surface area contributed by atoms with Crippen LogP contribution in [0.25, 0.3) is 99.0 Å². The second-order valence-electron chi connectivity index (χ2n) is 16.1. The molecule has 13 rings (SSSR count). The van der Waals surface area contributed by atoms with Crippen LogP contribution in [-0.4, -0.2) is 19.1 Å². The minimum absolute atomic E-state index is 0.102. The summed E-state index contributed by atoms with van der Waals surface area (Å²) in [4.78, 5) is 9.08. The average molecular weight is 749 g/mol. The van der Waals surface area contributed by atoms with E-state index in [1.807, 2.05) is 30.6 Å². The van der Waals surface area contributed by atoms with Crippen LogP contribution in [0.15, 0.2) is 167 Å². The molecule has 58 heavy (non-hydrogen) atoms. The summed E-state index contributed by atoms with van der Waals surface area (Å²) in [5.41, 5.74) is 14.0. The van der Waals surface area contributed by atoms with E-state index < -0.39 is 0 Å². The first-order valence-corrected chi connectivity index (χ1v) is 20.3. The molecule has 276 valence electrons. The summed E-state index contributed by atoms with van der Waals surface area (Å²) < 4.78 is 17.2. The standard InChI is InChI=1S/C52H36N4O2/c1-6-23-52(24-7-1,32-14-18-45-38(27-32)36-9-2-4-11-43(36)55(45)34-16-20-47-40(29-34)42-31-53-26-22-49(42)57-47)33-15-19-46-39(28-33)37-10-3-5-12-44(37)56(46)35-17-21-48-41(30-35)51-50(58-48)13-8-25-54-51/h2-5,8-22,25-31H,1,6-7,23-24H2. The van der Waals surface area contributed by atoms with Crippen molar-refractivity contribution in [3.05, 3.63) is 169 Å². The lowest BCUT2D eigenvalue weighted by Gasteiger charge is -2.39. The van der Waals surface area contributed by atoms with Crippen LogP contribution in [-0.2, 0) is 5.41 Å². The van der Waals surface area contributed by atoms with Crippen LogP contribution in [0.2, 0.25) is 0 Å². The number of hydrogen-bond donors (Lipinski definition) is 0. The molecule has 0 amide bonds. The van der Waals surface area contributed by atoms with Crippen molar-refractivity contribution in [1.82, 2.24) is 19.1 Å². The van der Waals surface area contributed by atoms with E-state index in [1.165, 1.54) is 74.0 Å². The molecule has 1 fully saturated rings. The van der Waals surface area contributed by atoms with Gasteiger partial charge in [-0.2, -0.15) is 0 Å². The van der Waals surface area contributed by atoms with E-state index in [0.29, 0.717) is 0 Å². The molecule has 6 heterocycles. The Bertz CT molecular complexity index is 3400. The van der Waals surface area contributed by atoms with Gasteiger partial charge in [-0.25, -0.2) is 0 Å². The predicted molar refractivity (Wildman–Crippen MR) is 236 cm³/mol. The summed E-state index contributed by atoms with van der Waals surface area (Å²) >= 11 is 0. The maximum absolute atomic E-state index is 6.18. The van der Waals surface area contributed by atoms with Gasteiger partial charge in [0.05, 0.1) is 22.1 Å². The van der Waals surface area contributed by atoms with Crippen molar-refractivity contribution in [1.29, 1.82) is 0 Å². The second kappa shape index (κ2) is 11.9. The van der Waals surface area contributed by atoms with Crippen molar-refractivity contribution in [2.45, 2.75) is 37.5 Å². The molecule has 6 aromatic heterocycles. The van der Waals surface area contributed by atoms with E-state index >= 15 is 0 Å². The molecule has 1 aliphatic rings. The van der Waals surface area contributed by atoms with Gasteiger partial charge in [-0.1, -0.05) is 67.8 Å². The lowest BCUT2D eigenvalue weighted by molar-refractivity contribution is 0.346. The molecule has 0 bridgehead atoms. The number of pyridine rings is 2. The number of furan rings is 2. The van der Waals surface area contributed by atoms with Gasteiger partial charge in [0.2, 0.25) is 0 Å². The van der Waals surface area contributed by atoms with Crippen molar-refractivity contribution >= 4 is 87.6 Å². The summed E-state index contributed by atoms with van der Waals surface area (Å²) in [6, 6.07) is 51.2. The highest BCUT2D eigenvalue weighted by molar-refractivity contribution is 6.12. The minimum atomic E-state index is -0.102. The molecule has 1 saturated carbocycles. The minimum Gasteiger partial charge on any atom is -0.456 e. The predicted octanol–water partition coefficient (Wildman–Crippen LogP) is 13.7. The van der Waals surface area contributed by atoms with E-state index in [1.54, 1.807) is 6.20 Å². The topological polar surface area (TPSA) is 61.9 Å². The molecule has 0 atom stereocenters. The highest BCUT2D eigenvalue weighted by atomic mass is 16.3. The van der Waals surface area contributed by atoms with Crippen molar-refractivity contribution in [3.63, 3.8) is 0 Å². The Kier molecular flexibility index (Phi) is 6.57. The third-order valence-corrected chi connectivity index (χ3v) is 13.1. The zero-order valence-electron chi connectivity index (χ0n) is 31.7. The van der Waals surface area contributed by atoms with Gasteiger partial charge in [-0.3, -0.25) is 9.97 Å². The van der Waals surface area contributed by atoms with E-state index in [4.69, 9.17) is 8.83 Å². The van der Waals surface area contributed by atoms with Crippen LogP contribution in [0.5, 0.6) is 0 Å². The van der Waals surface area contributed by atoms with E-state index in [9.17, 15) is 0 Å². The molecule has 0 spiro atoms. The van der Waals surface area contributed by atoms with E-state index in [2.05, 4.69) is 140 Å². The van der Waals surface area contributed by atoms with Crippen LogP contribution in [0, 0.1) is 0 Å². The molecule has 0 radical (unpaired) electrons. The summed E-state index contributed by atoms with van der Waals surface area (Å²) in [7, 11) is 0. The maximum atomic E-state index is 6.18. The Morgan fingerprint density at radius 1 is 0.431 bits per heavy atom. The van der Waals surface area contributed by atoms with Crippen molar-refractivity contribution < 1.29 is 8.83 Å². The van der Waals surface area contributed by atoms with Gasteiger partial charge in [0.1, 0.15) is 22.3 Å². The number of hydrogen-bond acceptors (Lipinski definition) is 4. The average Bonchev–Trinajstić information content (AvgIpc) is 4.03. The molecular formula is C52H36N4O2. The molecule has 12 aromatic rings. The number of para-hydroxylation sites is 2. The fraction of sp³-hybridized carbons (Fsp3) is 0.115. The largest absolute Gasteiger partial charge is 0.456 e. The molecule has 0 unspecified atom stereocenters. The second-order valence-corrected chi connectivity index (χ2v) is 16.1. The SMILES string of the molecule is c1cnc2c(c1)oc1ccc(-n3c4ccccc4c4cc(C5(c6ccc7c(c6)c6ccccc6n7-c6ccc7oc8ccncc8c7c6)CCCCC5)ccc43)cc12.